The molecule has 184 valence electrons. The molecule has 1 heterocycles. The molecule has 3 aromatic carbocycles. The second-order valence-corrected chi connectivity index (χ2v) is 8.11. The fourth-order valence-electron chi connectivity index (χ4n) is 3.06. The zero-order valence-corrected chi connectivity index (χ0v) is 18.7. The van der Waals surface area contributed by atoms with Crippen LogP contribution in [0.2, 0.25) is 0 Å². The van der Waals surface area contributed by atoms with Crippen molar-refractivity contribution in [2.24, 2.45) is 16.1 Å². The summed E-state index contributed by atoms with van der Waals surface area (Å²) in [7, 11) is 0. The first-order chi connectivity index (χ1) is 17.0. The van der Waals surface area contributed by atoms with Crippen LogP contribution in [0.25, 0.3) is 11.3 Å². The number of benzene rings is 3. The van der Waals surface area contributed by atoms with Crippen molar-refractivity contribution in [2.75, 3.05) is 5.01 Å². The Hall–Kier alpha value is -4.23. The van der Waals surface area contributed by atoms with Crippen LogP contribution in [-0.2, 0) is 6.18 Å². The predicted molar refractivity (Wildman–Crippen MR) is 123 cm³/mol. The van der Waals surface area contributed by atoms with Gasteiger partial charge in [0.25, 0.3) is 0 Å². The first kappa shape index (κ1) is 24.9. The molecular formula is C23H14F5N5O2S. The Labute approximate surface area is 203 Å². The standard InChI is InChI=1S/C23H14F5N5O2S/c24-17-10-18(25)19(32-31-14-5-1-3-12(7-14)21(34)35)9-16(17)20-11-36-22(30-20)33(29)15-6-2-4-13(8-15)23(26,27)28/h1-11H,29H2,(H,34,35). The molecule has 0 fully saturated rings. The molecule has 13 heteroatoms. The molecule has 0 aliphatic rings. The normalized spacial score (nSPS) is 11.7. The van der Waals surface area contributed by atoms with Gasteiger partial charge in [-0.3, -0.25) is 5.01 Å². The molecule has 4 rings (SSSR count). The van der Waals surface area contributed by atoms with Crippen molar-refractivity contribution in [1.29, 1.82) is 0 Å². The second kappa shape index (κ2) is 9.79. The lowest BCUT2D eigenvalue weighted by molar-refractivity contribution is -0.137. The van der Waals surface area contributed by atoms with E-state index in [4.69, 9.17) is 10.9 Å². The molecule has 0 saturated carbocycles. The average Bonchev–Trinajstić information content (AvgIpc) is 3.33. The molecule has 3 N–H and O–H groups in total. The lowest BCUT2D eigenvalue weighted by Gasteiger charge is -2.17. The molecular weight excluding hydrogens is 505 g/mol. The van der Waals surface area contributed by atoms with E-state index in [1.807, 2.05) is 0 Å². The number of carbonyl (C=O) groups is 1. The number of azo groups is 1. The summed E-state index contributed by atoms with van der Waals surface area (Å²) in [5.41, 5.74) is -1.26. The molecule has 4 aromatic rings. The number of rotatable bonds is 6. The van der Waals surface area contributed by atoms with E-state index in [0.717, 1.165) is 34.5 Å². The van der Waals surface area contributed by atoms with Gasteiger partial charge in [0, 0.05) is 17.0 Å². The maximum atomic E-state index is 14.6. The predicted octanol–water partition coefficient (Wildman–Crippen LogP) is 7.23. The molecule has 0 radical (unpaired) electrons. The highest BCUT2D eigenvalue weighted by molar-refractivity contribution is 7.14. The van der Waals surface area contributed by atoms with E-state index in [0.29, 0.717) is 6.07 Å². The van der Waals surface area contributed by atoms with Crippen LogP contribution in [0, 0.1) is 11.6 Å². The van der Waals surface area contributed by atoms with Crippen LogP contribution in [0.15, 0.2) is 76.3 Å². The molecule has 36 heavy (non-hydrogen) atoms. The van der Waals surface area contributed by atoms with Gasteiger partial charge in [0.15, 0.2) is 5.82 Å². The van der Waals surface area contributed by atoms with E-state index in [9.17, 15) is 26.7 Å². The van der Waals surface area contributed by atoms with Crippen LogP contribution in [0.1, 0.15) is 15.9 Å². The molecule has 0 bridgehead atoms. The topological polar surface area (TPSA) is 104 Å². The van der Waals surface area contributed by atoms with Gasteiger partial charge in [0.1, 0.15) is 11.5 Å². The second-order valence-electron chi connectivity index (χ2n) is 7.27. The third kappa shape index (κ3) is 5.37. The van der Waals surface area contributed by atoms with Crippen LogP contribution >= 0.6 is 11.3 Å². The monoisotopic (exact) mass is 519 g/mol. The Morgan fingerprint density at radius 1 is 1.00 bits per heavy atom. The van der Waals surface area contributed by atoms with Crippen molar-refractivity contribution in [3.05, 3.63) is 88.8 Å². The lowest BCUT2D eigenvalue weighted by atomic mass is 10.1. The Morgan fingerprint density at radius 3 is 2.47 bits per heavy atom. The van der Waals surface area contributed by atoms with E-state index in [1.165, 1.54) is 41.8 Å². The number of thiazole rings is 1. The number of alkyl halides is 3. The minimum Gasteiger partial charge on any atom is -0.478 e. The van der Waals surface area contributed by atoms with Crippen LogP contribution in [-0.4, -0.2) is 16.1 Å². The van der Waals surface area contributed by atoms with Crippen molar-refractivity contribution in [1.82, 2.24) is 4.98 Å². The van der Waals surface area contributed by atoms with Gasteiger partial charge >= 0.3 is 12.1 Å². The highest BCUT2D eigenvalue weighted by Gasteiger charge is 2.31. The molecule has 0 saturated heterocycles. The number of nitrogens with two attached hydrogens (primary N) is 1. The van der Waals surface area contributed by atoms with Crippen molar-refractivity contribution < 1.29 is 31.9 Å². The summed E-state index contributed by atoms with van der Waals surface area (Å²) in [6, 6.07) is 11.4. The molecule has 0 spiro atoms. The fraction of sp³-hybridized carbons (Fsp3) is 0.0435. The van der Waals surface area contributed by atoms with E-state index in [2.05, 4.69) is 15.2 Å². The van der Waals surface area contributed by atoms with E-state index < -0.39 is 29.3 Å². The van der Waals surface area contributed by atoms with Crippen LogP contribution < -0.4 is 10.9 Å². The molecule has 7 nitrogen and oxygen atoms in total. The van der Waals surface area contributed by atoms with E-state index in [-0.39, 0.29) is 39.0 Å². The molecule has 0 unspecified atom stereocenters. The van der Waals surface area contributed by atoms with Gasteiger partial charge in [-0.2, -0.15) is 18.3 Å². The molecule has 0 aliphatic heterocycles. The third-order valence-corrected chi connectivity index (χ3v) is 5.67. The van der Waals surface area contributed by atoms with E-state index in [1.54, 1.807) is 0 Å². The van der Waals surface area contributed by atoms with Crippen molar-refractivity contribution in [2.45, 2.75) is 6.18 Å². The fourth-order valence-corrected chi connectivity index (χ4v) is 3.83. The number of aromatic nitrogens is 1. The summed E-state index contributed by atoms with van der Waals surface area (Å²) in [5.74, 6) is 2.78. The summed E-state index contributed by atoms with van der Waals surface area (Å²) in [5, 5.41) is 19.0. The quantitative estimate of drug-likeness (QED) is 0.121. The Morgan fingerprint density at radius 2 is 1.75 bits per heavy atom. The number of carboxylic acids is 1. The summed E-state index contributed by atoms with van der Waals surface area (Å²) < 4.78 is 67.9. The lowest BCUT2D eigenvalue weighted by Crippen LogP contribution is -2.25. The van der Waals surface area contributed by atoms with Gasteiger partial charge in [0.05, 0.1) is 28.2 Å². The van der Waals surface area contributed by atoms with Gasteiger partial charge in [-0.05, 0) is 42.5 Å². The van der Waals surface area contributed by atoms with E-state index >= 15 is 0 Å². The number of carboxylic acid groups (broad SMARTS) is 1. The molecule has 0 atom stereocenters. The largest absolute Gasteiger partial charge is 0.478 e. The number of nitrogens with zero attached hydrogens (tertiary/aromatic N) is 4. The maximum Gasteiger partial charge on any atom is 0.416 e. The summed E-state index contributed by atoms with van der Waals surface area (Å²) in [6.45, 7) is 0. The van der Waals surface area contributed by atoms with Gasteiger partial charge in [-0.1, -0.05) is 12.1 Å². The number of halogens is 5. The van der Waals surface area contributed by atoms with Crippen molar-refractivity contribution in [3.8, 4) is 11.3 Å². The number of hydrogen-bond acceptors (Lipinski definition) is 7. The Balaban J connectivity index is 1.63. The van der Waals surface area contributed by atoms with Crippen LogP contribution in [0.4, 0.5) is 44.1 Å². The number of hydrogen-bond donors (Lipinski definition) is 2. The van der Waals surface area contributed by atoms with Gasteiger partial charge in [-0.25, -0.2) is 24.4 Å². The van der Waals surface area contributed by atoms with Crippen molar-refractivity contribution in [3.63, 3.8) is 0 Å². The highest BCUT2D eigenvalue weighted by Crippen LogP contribution is 2.36. The summed E-state index contributed by atoms with van der Waals surface area (Å²) >= 11 is 0.932. The number of aromatic carboxylic acids is 1. The van der Waals surface area contributed by atoms with Crippen LogP contribution in [0.5, 0.6) is 0 Å². The zero-order chi connectivity index (χ0) is 26.0. The smallest absolute Gasteiger partial charge is 0.416 e. The number of hydrazine groups is 1. The Kier molecular flexibility index (Phi) is 6.77. The molecule has 0 amide bonds. The number of anilines is 2. The molecule has 1 aromatic heterocycles. The molecule has 0 aliphatic carbocycles. The van der Waals surface area contributed by atoms with Gasteiger partial charge in [0.2, 0.25) is 5.13 Å². The van der Waals surface area contributed by atoms with Gasteiger partial charge < -0.3 is 5.11 Å². The Bertz CT molecular complexity index is 1470. The van der Waals surface area contributed by atoms with Crippen molar-refractivity contribution >= 4 is 39.5 Å². The SMILES string of the molecule is NN(c1cccc(C(F)(F)F)c1)c1nc(-c2cc(N=Nc3cccc(C(=O)O)c3)c(F)cc2F)cs1. The highest BCUT2D eigenvalue weighted by atomic mass is 32.1. The van der Waals surface area contributed by atoms with Crippen LogP contribution in [0.3, 0.4) is 0 Å². The first-order valence-electron chi connectivity index (χ1n) is 9.95. The minimum absolute atomic E-state index is 0.00313. The first-order valence-corrected chi connectivity index (χ1v) is 10.8. The third-order valence-electron chi connectivity index (χ3n) is 4.83. The maximum absolute atomic E-state index is 14.6. The minimum atomic E-state index is -4.57. The average molecular weight is 519 g/mol. The zero-order valence-electron chi connectivity index (χ0n) is 17.9. The summed E-state index contributed by atoms with van der Waals surface area (Å²) in [4.78, 5) is 15.2. The summed E-state index contributed by atoms with van der Waals surface area (Å²) in [6.07, 6.45) is -4.57. The van der Waals surface area contributed by atoms with Gasteiger partial charge in [-0.15, -0.1) is 16.5 Å².